The molecule has 0 fully saturated rings. The van der Waals surface area contributed by atoms with E-state index in [0.717, 1.165) is 16.5 Å². The number of nitrogens with two attached hydrogens (primary N) is 1. The average molecular weight is 315 g/mol. The van der Waals surface area contributed by atoms with Crippen molar-refractivity contribution in [3.8, 4) is 0 Å². The summed E-state index contributed by atoms with van der Waals surface area (Å²) in [5.41, 5.74) is 7.81. The van der Waals surface area contributed by atoms with E-state index in [0.29, 0.717) is 24.3 Å². The molecule has 0 saturated carbocycles. The third-order valence-corrected chi connectivity index (χ3v) is 3.25. The van der Waals surface area contributed by atoms with Gasteiger partial charge < -0.3 is 15.7 Å². The summed E-state index contributed by atoms with van der Waals surface area (Å²) in [6, 6.07) is 3.55. The van der Waals surface area contributed by atoms with Crippen molar-refractivity contribution in [3.05, 3.63) is 27.7 Å². The van der Waals surface area contributed by atoms with Crippen LogP contribution in [0.15, 0.2) is 16.6 Å². The van der Waals surface area contributed by atoms with Gasteiger partial charge in [-0.2, -0.15) is 0 Å². The second-order valence-corrected chi connectivity index (χ2v) is 5.10. The molecule has 0 aliphatic heterocycles. The Morgan fingerprint density at radius 1 is 1.44 bits per heavy atom. The summed E-state index contributed by atoms with van der Waals surface area (Å²) in [5.74, 6) is -0.0867. The average Bonchev–Trinajstić information content (AvgIpc) is 2.32. The number of hydrogen-bond donors (Lipinski definition) is 2. The van der Waals surface area contributed by atoms with E-state index in [1.807, 2.05) is 13.8 Å². The first-order valence-corrected chi connectivity index (χ1v) is 6.76. The summed E-state index contributed by atoms with van der Waals surface area (Å²) in [6.07, 6.45) is 0.855. The van der Waals surface area contributed by atoms with E-state index in [1.165, 1.54) is 0 Å². The first-order valence-electron chi connectivity index (χ1n) is 5.97. The number of rotatable bonds is 5. The van der Waals surface area contributed by atoms with Gasteiger partial charge in [-0.1, -0.05) is 22.9 Å². The van der Waals surface area contributed by atoms with Gasteiger partial charge in [0.15, 0.2) is 0 Å². The van der Waals surface area contributed by atoms with Crippen LogP contribution in [0.5, 0.6) is 0 Å². The molecule has 5 heteroatoms. The molecule has 0 atom stereocenters. The Bertz CT molecular complexity index is 429. The van der Waals surface area contributed by atoms with E-state index in [4.69, 9.17) is 10.8 Å². The summed E-state index contributed by atoms with van der Waals surface area (Å²) in [7, 11) is 0. The molecule has 0 aromatic heterocycles. The molecule has 3 N–H and O–H groups in total. The van der Waals surface area contributed by atoms with Crippen LogP contribution in [0.1, 0.15) is 29.3 Å². The van der Waals surface area contributed by atoms with E-state index < -0.39 is 0 Å². The fourth-order valence-electron chi connectivity index (χ4n) is 1.80. The van der Waals surface area contributed by atoms with Crippen LogP contribution < -0.4 is 5.73 Å². The minimum atomic E-state index is -0.0867. The molecule has 1 aromatic rings. The van der Waals surface area contributed by atoms with Crippen molar-refractivity contribution in [1.82, 2.24) is 4.90 Å². The zero-order valence-corrected chi connectivity index (χ0v) is 12.3. The normalized spacial score (nSPS) is 10.4. The minimum Gasteiger partial charge on any atom is -0.398 e. The van der Waals surface area contributed by atoms with Crippen molar-refractivity contribution >= 4 is 27.5 Å². The van der Waals surface area contributed by atoms with Gasteiger partial charge in [0, 0.05) is 28.8 Å². The first-order chi connectivity index (χ1) is 8.51. The molecule has 0 bridgehead atoms. The number of hydrogen-bond acceptors (Lipinski definition) is 3. The molecule has 18 heavy (non-hydrogen) atoms. The van der Waals surface area contributed by atoms with E-state index in [2.05, 4.69) is 15.9 Å². The van der Waals surface area contributed by atoms with Crippen LogP contribution >= 0.6 is 15.9 Å². The van der Waals surface area contributed by atoms with Crippen LogP contribution in [0.3, 0.4) is 0 Å². The Balaban J connectivity index is 3.07. The molecule has 0 heterocycles. The summed E-state index contributed by atoms with van der Waals surface area (Å²) in [4.78, 5) is 14.0. The lowest BCUT2D eigenvalue weighted by Crippen LogP contribution is -2.34. The Labute approximate surface area is 116 Å². The molecule has 1 amide bonds. The standard InChI is InChI=1S/C13H19BrN2O2/c1-3-4-16(5-6-17)13(18)11-7-10(14)8-12(15)9(11)2/h7-8,17H,3-6,15H2,1-2H3. The maximum Gasteiger partial charge on any atom is 0.254 e. The fraction of sp³-hybridized carbons (Fsp3) is 0.462. The van der Waals surface area contributed by atoms with Crippen LogP contribution in [-0.4, -0.2) is 35.6 Å². The smallest absolute Gasteiger partial charge is 0.254 e. The molecule has 1 aromatic carbocycles. The van der Waals surface area contributed by atoms with Crippen LogP contribution in [0.4, 0.5) is 5.69 Å². The van der Waals surface area contributed by atoms with Gasteiger partial charge >= 0.3 is 0 Å². The van der Waals surface area contributed by atoms with E-state index in [-0.39, 0.29) is 12.5 Å². The number of halogens is 1. The Morgan fingerprint density at radius 2 is 2.11 bits per heavy atom. The number of amides is 1. The van der Waals surface area contributed by atoms with E-state index >= 15 is 0 Å². The highest BCUT2D eigenvalue weighted by Crippen LogP contribution is 2.24. The highest BCUT2D eigenvalue weighted by molar-refractivity contribution is 9.10. The molecule has 0 unspecified atom stereocenters. The molecular weight excluding hydrogens is 296 g/mol. The number of benzene rings is 1. The van der Waals surface area contributed by atoms with Crippen LogP contribution in [0.2, 0.25) is 0 Å². The number of nitrogens with zero attached hydrogens (tertiary/aromatic N) is 1. The van der Waals surface area contributed by atoms with Crippen LogP contribution in [-0.2, 0) is 0 Å². The third kappa shape index (κ3) is 3.46. The van der Waals surface area contributed by atoms with Gasteiger partial charge in [0.25, 0.3) is 5.91 Å². The minimum absolute atomic E-state index is 0.0335. The molecule has 0 saturated heterocycles. The molecule has 0 aliphatic rings. The largest absolute Gasteiger partial charge is 0.398 e. The Kier molecular flexibility index (Phi) is 5.62. The van der Waals surface area contributed by atoms with Crippen molar-refractivity contribution in [2.24, 2.45) is 0 Å². The lowest BCUT2D eigenvalue weighted by atomic mass is 10.1. The molecule has 0 spiro atoms. The van der Waals surface area contributed by atoms with Gasteiger partial charge in [-0.3, -0.25) is 4.79 Å². The second-order valence-electron chi connectivity index (χ2n) is 4.18. The lowest BCUT2D eigenvalue weighted by molar-refractivity contribution is 0.0721. The van der Waals surface area contributed by atoms with Crippen molar-refractivity contribution in [2.45, 2.75) is 20.3 Å². The second kappa shape index (κ2) is 6.75. The maximum atomic E-state index is 12.4. The number of carbonyl (C=O) groups is 1. The van der Waals surface area contributed by atoms with E-state index in [1.54, 1.807) is 17.0 Å². The molecule has 4 nitrogen and oxygen atoms in total. The van der Waals surface area contributed by atoms with Crippen molar-refractivity contribution in [3.63, 3.8) is 0 Å². The molecule has 1 rings (SSSR count). The zero-order chi connectivity index (χ0) is 13.7. The predicted octanol–water partition coefficient (Wildman–Crippen LogP) is 2.18. The van der Waals surface area contributed by atoms with Gasteiger partial charge in [0.05, 0.1) is 6.61 Å². The predicted molar refractivity (Wildman–Crippen MR) is 76.6 cm³/mol. The maximum absolute atomic E-state index is 12.4. The van der Waals surface area contributed by atoms with Crippen LogP contribution in [0, 0.1) is 6.92 Å². The summed E-state index contributed by atoms with van der Waals surface area (Å²) < 4.78 is 0.786. The molecule has 0 radical (unpaired) electrons. The molecule has 0 aliphatic carbocycles. The topological polar surface area (TPSA) is 66.6 Å². The van der Waals surface area contributed by atoms with Gasteiger partial charge in [-0.25, -0.2) is 0 Å². The number of carbonyl (C=O) groups excluding carboxylic acids is 1. The highest BCUT2D eigenvalue weighted by atomic mass is 79.9. The van der Waals surface area contributed by atoms with Gasteiger partial charge in [0.1, 0.15) is 0 Å². The lowest BCUT2D eigenvalue weighted by Gasteiger charge is -2.22. The van der Waals surface area contributed by atoms with Gasteiger partial charge in [-0.05, 0) is 31.0 Å². The molecule has 100 valence electrons. The van der Waals surface area contributed by atoms with Crippen molar-refractivity contribution in [1.29, 1.82) is 0 Å². The summed E-state index contributed by atoms with van der Waals surface area (Å²) in [6.45, 7) is 4.77. The quantitative estimate of drug-likeness (QED) is 0.819. The SMILES string of the molecule is CCCN(CCO)C(=O)c1cc(Br)cc(N)c1C. The number of anilines is 1. The van der Waals surface area contributed by atoms with Crippen molar-refractivity contribution < 1.29 is 9.90 Å². The highest BCUT2D eigenvalue weighted by Gasteiger charge is 2.18. The third-order valence-electron chi connectivity index (χ3n) is 2.79. The number of nitrogen functional groups attached to an aromatic ring is 1. The monoisotopic (exact) mass is 314 g/mol. The van der Waals surface area contributed by atoms with Crippen molar-refractivity contribution in [2.75, 3.05) is 25.4 Å². The first kappa shape index (κ1) is 15.0. The van der Waals surface area contributed by atoms with Crippen LogP contribution in [0.25, 0.3) is 0 Å². The van der Waals surface area contributed by atoms with Gasteiger partial charge in [-0.15, -0.1) is 0 Å². The Hall–Kier alpha value is -1.07. The van der Waals surface area contributed by atoms with Gasteiger partial charge in [0.2, 0.25) is 0 Å². The molecular formula is C13H19BrN2O2. The zero-order valence-electron chi connectivity index (χ0n) is 10.7. The van der Waals surface area contributed by atoms with E-state index in [9.17, 15) is 4.79 Å². The fourth-order valence-corrected chi connectivity index (χ4v) is 2.27. The number of aliphatic hydroxyl groups is 1. The number of aliphatic hydroxyl groups excluding tert-OH is 1. The Morgan fingerprint density at radius 3 is 2.67 bits per heavy atom. The summed E-state index contributed by atoms with van der Waals surface area (Å²) in [5, 5.41) is 9.01. The summed E-state index contributed by atoms with van der Waals surface area (Å²) >= 11 is 3.34.